The molecule has 0 radical (unpaired) electrons. The van der Waals surface area contributed by atoms with Gasteiger partial charge in [-0.25, -0.2) is 4.98 Å². The van der Waals surface area contributed by atoms with Crippen molar-refractivity contribution in [1.82, 2.24) is 15.1 Å². The molecule has 2 heterocycles. The fourth-order valence-corrected chi connectivity index (χ4v) is 0.918. The summed E-state index contributed by atoms with van der Waals surface area (Å²) in [7, 11) is 0. The molecule has 6 heteroatoms. The van der Waals surface area contributed by atoms with E-state index in [9.17, 15) is 0 Å². The largest absolute Gasteiger partial charge is 0.438 e. The number of hydrogen-bond donors (Lipinski definition) is 1. The Hall–Kier alpha value is -1.69. The van der Waals surface area contributed by atoms with Crippen molar-refractivity contribution in [1.29, 1.82) is 0 Å². The van der Waals surface area contributed by atoms with Crippen molar-refractivity contribution >= 4 is 0 Å². The highest BCUT2D eigenvalue weighted by Gasteiger charge is 2.14. The van der Waals surface area contributed by atoms with Crippen molar-refractivity contribution in [3.05, 3.63) is 17.9 Å². The van der Waals surface area contributed by atoms with Crippen LogP contribution in [0.3, 0.4) is 0 Å². The molecule has 2 rings (SSSR count). The molecular formula is C7H7N3O3. The number of oxazole rings is 1. The zero-order chi connectivity index (χ0) is 9.26. The summed E-state index contributed by atoms with van der Waals surface area (Å²) in [6.45, 7) is 1.51. The van der Waals surface area contributed by atoms with E-state index in [1.807, 2.05) is 0 Å². The van der Waals surface area contributed by atoms with Crippen molar-refractivity contribution < 1.29 is 14.0 Å². The maximum absolute atomic E-state index is 8.69. The first kappa shape index (κ1) is 7.93. The van der Waals surface area contributed by atoms with E-state index < -0.39 is 0 Å². The zero-order valence-electron chi connectivity index (χ0n) is 6.89. The Bertz CT molecular complexity index is 407. The molecule has 0 spiro atoms. The normalized spacial score (nSPS) is 10.6. The van der Waals surface area contributed by atoms with Crippen molar-refractivity contribution in [3.63, 3.8) is 0 Å². The summed E-state index contributed by atoms with van der Waals surface area (Å²) in [4.78, 5) is 7.74. The number of hydrogen-bond acceptors (Lipinski definition) is 6. The van der Waals surface area contributed by atoms with E-state index in [1.54, 1.807) is 6.92 Å². The van der Waals surface area contributed by atoms with Gasteiger partial charge in [0.1, 0.15) is 6.61 Å². The van der Waals surface area contributed by atoms with E-state index in [2.05, 4.69) is 15.1 Å². The van der Waals surface area contributed by atoms with Crippen LogP contribution in [0.1, 0.15) is 11.5 Å². The maximum Gasteiger partial charge on any atom is 0.295 e. The molecule has 0 unspecified atom stereocenters. The Balaban J connectivity index is 2.41. The fourth-order valence-electron chi connectivity index (χ4n) is 0.918. The molecule has 1 N–H and O–H groups in total. The number of rotatable bonds is 2. The van der Waals surface area contributed by atoms with Gasteiger partial charge < -0.3 is 14.0 Å². The molecule has 0 aromatic carbocycles. The van der Waals surface area contributed by atoms with Crippen molar-refractivity contribution in [2.75, 3.05) is 0 Å². The quantitative estimate of drug-likeness (QED) is 0.727. The highest BCUT2D eigenvalue weighted by molar-refractivity contribution is 5.46. The summed E-state index contributed by atoms with van der Waals surface area (Å²) in [5.74, 6) is 0.900. The van der Waals surface area contributed by atoms with Crippen LogP contribution in [0.5, 0.6) is 0 Å². The highest BCUT2D eigenvalue weighted by atomic mass is 16.5. The zero-order valence-corrected chi connectivity index (χ0v) is 6.89. The van der Waals surface area contributed by atoms with Gasteiger partial charge in [0.15, 0.2) is 12.2 Å². The molecule has 68 valence electrons. The van der Waals surface area contributed by atoms with Gasteiger partial charge in [0.05, 0.1) is 5.69 Å². The molecule has 0 aliphatic rings. The predicted molar refractivity (Wildman–Crippen MR) is 40.5 cm³/mol. The second-order valence-corrected chi connectivity index (χ2v) is 2.44. The number of aliphatic hydroxyl groups excluding tert-OH is 1. The van der Waals surface area contributed by atoms with Crippen molar-refractivity contribution in [2.45, 2.75) is 13.5 Å². The van der Waals surface area contributed by atoms with Gasteiger partial charge >= 0.3 is 0 Å². The van der Waals surface area contributed by atoms with Crippen LogP contribution in [0.2, 0.25) is 0 Å². The average molecular weight is 181 g/mol. The van der Waals surface area contributed by atoms with Crippen LogP contribution in [0.15, 0.2) is 15.3 Å². The SMILES string of the molecule is Cc1ncoc1-c1nc(CO)no1. The van der Waals surface area contributed by atoms with Gasteiger partial charge in [0, 0.05) is 0 Å². The summed E-state index contributed by atoms with van der Waals surface area (Å²) < 4.78 is 9.85. The molecule has 0 saturated carbocycles. The fraction of sp³-hybridized carbons (Fsp3) is 0.286. The Morgan fingerprint density at radius 3 is 2.92 bits per heavy atom. The van der Waals surface area contributed by atoms with Crippen molar-refractivity contribution in [2.24, 2.45) is 0 Å². The van der Waals surface area contributed by atoms with Gasteiger partial charge in [0.2, 0.25) is 5.76 Å². The van der Waals surface area contributed by atoms with Gasteiger partial charge in [-0.05, 0) is 6.92 Å². The molecule has 13 heavy (non-hydrogen) atoms. The number of aryl methyl sites for hydroxylation is 1. The number of aromatic nitrogens is 3. The monoisotopic (exact) mass is 181 g/mol. The summed E-state index contributed by atoms with van der Waals surface area (Å²) in [5, 5.41) is 12.2. The molecule has 2 aromatic rings. The van der Waals surface area contributed by atoms with E-state index in [0.29, 0.717) is 11.5 Å². The Labute approximate surface area is 73.2 Å². The molecule has 0 aliphatic heterocycles. The maximum atomic E-state index is 8.69. The minimum absolute atomic E-state index is 0.228. The lowest BCUT2D eigenvalue weighted by atomic mass is 10.4. The molecule has 0 aliphatic carbocycles. The highest BCUT2D eigenvalue weighted by Crippen LogP contribution is 2.19. The number of nitrogens with zero attached hydrogens (tertiary/aromatic N) is 3. The van der Waals surface area contributed by atoms with Crippen molar-refractivity contribution in [3.8, 4) is 11.7 Å². The lowest BCUT2D eigenvalue weighted by Gasteiger charge is -1.85. The molecule has 0 saturated heterocycles. The van der Waals surface area contributed by atoms with E-state index >= 15 is 0 Å². The van der Waals surface area contributed by atoms with Gasteiger partial charge in [0.25, 0.3) is 5.89 Å². The summed E-state index contributed by atoms with van der Waals surface area (Å²) >= 11 is 0. The van der Waals surface area contributed by atoms with E-state index in [0.717, 1.165) is 0 Å². The first-order chi connectivity index (χ1) is 6.31. The molecule has 0 amide bonds. The van der Waals surface area contributed by atoms with Crippen LogP contribution in [0.25, 0.3) is 11.7 Å². The van der Waals surface area contributed by atoms with Gasteiger partial charge in [-0.2, -0.15) is 4.98 Å². The average Bonchev–Trinajstić information content (AvgIpc) is 2.71. The van der Waals surface area contributed by atoms with Crippen LogP contribution in [-0.2, 0) is 6.61 Å². The summed E-state index contributed by atoms with van der Waals surface area (Å²) in [5.41, 5.74) is 0.674. The third-order valence-corrected chi connectivity index (χ3v) is 1.55. The Morgan fingerprint density at radius 1 is 1.54 bits per heavy atom. The molecule has 2 aromatic heterocycles. The second kappa shape index (κ2) is 2.98. The molecule has 6 nitrogen and oxygen atoms in total. The lowest BCUT2D eigenvalue weighted by molar-refractivity contribution is 0.263. The van der Waals surface area contributed by atoms with Gasteiger partial charge in [-0.15, -0.1) is 0 Å². The van der Waals surface area contributed by atoms with Crippen LogP contribution in [-0.4, -0.2) is 20.2 Å². The number of aliphatic hydroxyl groups is 1. The Morgan fingerprint density at radius 2 is 2.38 bits per heavy atom. The van der Waals surface area contributed by atoms with Crippen LogP contribution < -0.4 is 0 Å². The van der Waals surface area contributed by atoms with E-state index in [-0.39, 0.29) is 18.3 Å². The molecule has 0 bridgehead atoms. The lowest BCUT2D eigenvalue weighted by Crippen LogP contribution is -1.85. The third kappa shape index (κ3) is 1.31. The van der Waals surface area contributed by atoms with Gasteiger partial charge in [-0.3, -0.25) is 0 Å². The predicted octanol–water partition coefficient (Wildman–Crippen LogP) is 0.525. The van der Waals surface area contributed by atoms with E-state index in [4.69, 9.17) is 14.0 Å². The minimum atomic E-state index is -0.253. The summed E-state index contributed by atoms with van der Waals surface area (Å²) in [6.07, 6.45) is 1.30. The van der Waals surface area contributed by atoms with Crippen LogP contribution >= 0.6 is 0 Å². The Kier molecular flexibility index (Phi) is 1.82. The second-order valence-electron chi connectivity index (χ2n) is 2.44. The summed E-state index contributed by atoms with van der Waals surface area (Å²) in [6, 6.07) is 0. The smallest absolute Gasteiger partial charge is 0.295 e. The van der Waals surface area contributed by atoms with E-state index in [1.165, 1.54) is 6.39 Å². The minimum Gasteiger partial charge on any atom is -0.438 e. The topological polar surface area (TPSA) is 85.2 Å². The molecule has 0 fully saturated rings. The standard InChI is InChI=1S/C7H7N3O3/c1-4-6(12-3-8-4)7-9-5(2-11)10-13-7/h3,11H,2H2,1H3. The molecule has 0 atom stereocenters. The first-order valence-electron chi connectivity index (χ1n) is 3.65. The third-order valence-electron chi connectivity index (χ3n) is 1.55. The molecular weight excluding hydrogens is 174 g/mol. The van der Waals surface area contributed by atoms with Crippen LogP contribution in [0, 0.1) is 6.92 Å². The van der Waals surface area contributed by atoms with Gasteiger partial charge in [-0.1, -0.05) is 5.16 Å². The van der Waals surface area contributed by atoms with Crippen LogP contribution in [0.4, 0.5) is 0 Å². The first-order valence-corrected chi connectivity index (χ1v) is 3.65.